The van der Waals surface area contributed by atoms with Crippen LogP contribution in [0.3, 0.4) is 0 Å². The lowest BCUT2D eigenvalue weighted by molar-refractivity contribution is 0.722. The summed E-state index contributed by atoms with van der Waals surface area (Å²) < 4.78 is 0. The van der Waals surface area contributed by atoms with Crippen LogP contribution in [-0.2, 0) is 6.42 Å². The van der Waals surface area contributed by atoms with Crippen LogP contribution in [0.4, 0.5) is 28.4 Å². The largest absolute Gasteiger partial charge is 0.334 e. The van der Waals surface area contributed by atoms with Gasteiger partial charge in [0.2, 0.25) is 0 Å². The van der Waals surface area contributed by atoms with Gasteiger partial charge in [0.1, 0.15) is 0 Å². The Bertz CT molecular complexity index is 2660. The lowest BCUT2D eigenvalue weighted by atomic mass is 9.77. The Morgan fingerprint density at radius 2 is 1.00 bits per heavy atom. The predicted molar refractivity (Wildman–Crippen MR) is 221 cm³/mol. The first kappa shape index (κ1) is 30.4. The molecule has 0 heterocycles. The van der Waals surface area contributed by atoms with Crippen LogP contribution in [0.5, 0.6) is 0 Å². The fourth-order valence-electron chi connectivity index (χ4n) is 8.73. The molecule has 2 heteroatoms. The first-order chi connectivity index (χ1) is 25.8. The number of nitrogens with zero attached hydrogens (tertiary/aromatic N) is 2. The average Bonchev–Trinajstić information content (AvgIpc) is 3.22. The average molecular weight is 667 g/mol. The number of hydrogen-bond donors (Lipinski definition) is 0. The van der Waals surface area contributed by atoms with E-state index in [2.05, 4.69) is 198 Å². The SMILES string of the molecule is C1=CC(N(c2ccccc2)c2cccc3ccccc23)CC2=C1c1c(cc(N(c3ccccc3)c3cccc4ccccc34)c3ccccc13)CC2. The van der Waals surface area contributed by atoms with E-state index in [0.717, 1.165) is 24.9 Å². The summed E-state index contributed by atoms with van der Waals surface area (Å²) in [5.41, 5.74) is 11.8. The van der Waals surface area contributed by atoms with Crippen molar-refractivity contribution >= 4 is 66.3 Å². The summed E-state index contributed by atoms with van der Waals surface area (Å²) >= 11 is 0. The van der Waals surface area contributed by atoms with E-state index in [0.29, 0.717) is 0 Å². The minimum Gasteiger partial charge on any atom is -0.334 e. The quantitative estimate of drug-likeness (QED) is 0.174. The highest BCUT2D eigenvalue weighted by molar-refractivity contribution is 6.09. The smallest absolute Gasteiger partial charge is 0.0563 e. The van der Waals surface area contributed by atoms with Crippen LogP contribution in [0.2, 0.25) is 0 Å². The van der Waals surface area contributed by atoms with E-state index in [1.54, 1.807) is 5.57 Å². The Kier molecular flexibility index (Phi) is 7.46. The molecule has 0 saturated carbocycles. The molecule has 1 unspecified atom stereocenters. The molecular formula is C50H38N2. The summed E-state index contributed by atoms with van der Waals surface area (Å²) in [5.74, 6) is 0. The van der Waals surface area contributed by atoms with Crippen molar-refractivity contribution in [2.45, 2.75) is 25.3 Å². The predicted octanol–water partition coefficient (Wildman–Crippen LogP) is 13.5. The van der Waals surface area contributed by atoms with Crippen molar-refractivity contribution < 1.29 is 0 Å². The maximum Gasteiger partial charge on any atom is 0.0563 e. The highest BCUT2D eigenvalue weighted by Crippen LogP contribution is 2.49. The maximum absolute atomic E-state index is 2.56. The summed E-state index contributed by atoms with van der Waals surface area (Å²) in [4.78, 5) is 5.03. The van der Waals surface area contributed by atoms with E-state index < -0.39 is 0 Å². The van der Waals surface area contributed by atoms with Crippen LogP contribution in [0.15, 0.2) is 194 Å². The Hall–Kier alpha value is -6.38. The van der Waals surface area contributed by atoms with Crippen molar-refractivity contribution in [3.05, 3.63) is 205 Å². The fraction of sp³-hybridized carbons (Fsp3) is 0.0800. The first-order valence-corrected chi connectivity index (χ1v) is 18.4. The third-order valence-corrected chi connectivity index (χ3v) is 11.0. The molecule has 8 aromatic carbocycles. The van der Waals surface area contributed by atoms with Crippen molar-refractivity contribution in [1.29, 1.82) is 0 Å². The van der Waals surface area contributed by atoms with Gasteiger partial charge in [-0.1, -0.05) is 151 Å². The highest BCUT2D eigenvalue weighted by atomic mass is 15.2. The van der Waals surface area contributed by atoms with E-state index in [4.69, 9.17) is 0 Å². The molecule has 2 aliphatic carbocycles. The topological polar surface area (TPSA) is 6.48 Å². The normalized spacial score (nSPS) is 15.1. The summed E-state index contributed by atoms with van der Waals surface area (Å²) in [6.07, 6.45) is 7.96. The molecule has 0 fully saturated rings. The molecule has 8 aromatic rings. The second kappa shape index (κ2) is 12.7. The molecule has 2 nitrogen and oxygen atoms in total. The molecule has 0 amide bonds. The molecule has 248 valence electrons. The Morgan fingerprint density at radius 3 is 1.71 bits per heavy atom. The molecule has 0 radical (unpaired) electrons. The Balaban J connectivity index is 1.11. The standard InChI is InChI=1S/C50H38N2/c1-3-19-39(20-4-1)51(47-27-13-17-35-15-7-9-23-42(35)47)41-31-32-44-37(33-41)29-30-38-34-49(45-25-11-12-26-46(45)50(38)44)52(40-21-5-2-6-22-40)48-28-14-18-36-16-8-10-24-43(36)48/h1-28,31-32,34,41H,29-30,33H2. The minimum atomic E-state index is 0.207. The summed E-state index contributed by atoms with van der Waals surface area (Å²) in [7, 11) is 0. The Morgan fingerprint density at radius 1 is 0.442 bits per heavy atom. The zero-order chi connectivity index (χ0) is 34.4. The Labute approximate surface area is 305 Å². The van der Waals surface area contributed by atoms with Crippen molar-refractivity contribution in [2.24, 2.45) is 0 Å². The lowest BCUT2D eigenvalue weighted by Crippen LogP contribution is -2.32. The number of aryl methyl sites for hydroxylation is 1. The van der Waals surface area contributed by atoms with Crippen LogP contribution < -0.4 is 9.80 Å². The molecule has 0 saturated heterocycles. The van der Waals surface area contributed by atoms with Gasteiger partial charge < -0.3 is 9.80 Å². The van der Waals surface area contributed by atoms with Crippen molar-refractivity contribution in [3.63, 3.8) is 0 Å². The van der Waals surface area contributed by atoms with Gasteiger partial charge in [-0.3, -0.25) is 0 Å². The lowest BCUT2D eigenvalue weighted by Gasteiger charge is -2.38. The van der Waals surface area contributed by atoms with Gasteiger partial charge in [-0.05, 0) is 94.6 Å². The zero-order valence-corrected chi connectivity index (χ0v) is 29.0. The molecule has 0 aromatic heterocycles. The molecule has 2 aliphatic rings. The van der Waals surface area contributed by atoms with E-state index in [1.807, 2.05) is 0 Å². The number of fused-ring (bicyclic) bond motifs is 6. The van der Waals surface area contributed by atoms with Crippen molar-refractivity contribution in [3.8, 4) is 0 Å². The van der Waals surface area contributed by atoms with Gasteiger partial charge in [-0.25, -0.2) is 0 Å². The molecule has 10 rings (SSSR count). The summed E-state index contributed by atoms with van der Waals surface area (Å²) in [6, 6.07) is 64.4. The van der Waals surface area contributed by atoms with E-state index in [9.17, 15) is 0 Å². The molecule has 0 spiro atoms. The van der Waals surface area contributed by atoms with Crippen LogP contribution >= 0.6 is 0 Å². The van der Waals surface area contributed by atoms with Crippen LogP contribution in [-0.4, -0.2) is 6.04 Å². The maximum atomic E-state index is 2.56. The fourth-order valence-corrected chi connectivity index (χ4v) is 8.73. The van der Waals surface area contributed by atoms with Gasteiger partial charge in [0.15, 0.2) is 0 Å². The summed E-state index contributed by atoms with van der Waals surface area (Å²) in [5, 5.41) is 7.62. The number of rotatable bonds is 6. The number of hydrogen-bond acceptors (Lipinski definition) is 2. The van der Waals surface area contributed by atoms with Gasteiger partial charge in [-0.2, -0.15) is 0 Å². The van der Waals surface area contributed by atoms with Crippen LogP contribution in [0, 0.1) is 0 Å². The van der Waals surface area contributed by atoms with Crippen molar-refractivity contribution in [2.75, 3.05) is 9.80 Å². The third kappa shape index (κ3) is 5.10. The monoisotopic (exact) mass is 666 g/mol. The first-order valence-electron chi connectivity index (χ1n) is 18.4. The van der Waals surface area contributed by atoms with Gasteiger partial charge >= 0.3 is 0 Å². The molecule has 1 atom stereocenters. The van der Waals surface area contributed by atoms with E-state index in [-0.39, 0.29) is 6.04 Å². The second-order valence-electron chi connectivity index (χ2n) is 14.0. The third-order valence-electron chi connectivity index (χ3n) is 11.0. The molecular weight excluding hydrogens is 629 g/mol. The van der Waals surface area contributed by atoms with E-state index in [1.165, 1.54) is 71.8 Å². The molecule has 0 bridgehead atoms. The zero-order valence-electron chi connectivity index (χ0n) is 29.0. The van der Waals surface area contributed by atoms with Gasteiger partial charge in [-0.15, -0.1) is 0 Å². The number of anilines is 5. The van der Waals surface area contributed by atoms with Crippen molar-refractivity contribution in [1.82, 2.24) is 0 Å². The van der Waals surface area contributed by atoms with Gasteiger partial charge in [0.05, 0.1) is 17.4 Å². The summed E-state index contributed by atoms with van der Waals surface area (Å²) in [6.45, 7) is 0. The number of allylic oxidation sites excluding steroid dienone is 2. The number of benzene rings is 8. The van der Waals surface area contributed by atoms with Crippen LogP contribution in [0.25, 0.3) is 37.9 Å². The molecule has 52 heavy (non-hydrogen) atoms. The second-order valence-corrected chi connectivity index (χ2v) is 14.0. The number of para-hydroxylation sites is 2. The molecule has 0 aliphatic heterocycles. The molecule has 0 N–H and O–H groups in total. The van der Waals surface area contributed by atoms with Gasteiger partial charge in [0.25, 0.3) is 0 Å². The van der Waals surface area contributed by atoms with E-state index >= 15 is 0 Å². The minimum absolute atomic E-state index is 0.207. The van der Waals surface area contributed by atoms with Crippen LogP contribution in [0.1, 0.15) is 24.0 Å². The van der Waals surface area contributed by atoms with Gasteiger partial charge in [0, 0.05) is 33.2 Å². The highest BCUT2D eigenvalue weighted by Gasteiger charge is 2.30.